The van der Waals surface area contributed by atoms with Crippen LogP contribution in [0.3, 0.4) is 0 Å². The Kier molecular flexibility index (Phi) is 4.79. The third kappa shape index (κ3) is 3.08. The van der Waals surface area contributed by atoms with Gasteiger partial charge in [0.1, 0.15) is 0 Å². The number of nitrogens with one attached hydrogen (secondary N) is 1. The van der Waals surface area contributed by atoms with E-state index in [2.05, 4.69) is 27.3 Å². The largest absolute Gasteiger partial charge is 0.493 e. The van der Waals surface area contributed by atoms with Gasteiger partial charge < -0.3 is 14.8 Å². The van der Waals surface area contributed by atoms with Crippen molar-refractivity contribution in [1.29, 1.82) is 0 Å². The SMILES string of the molecule is CCOc1cc(CNC2C3CC4CC(C3)CC2C4)c(Br)cc1OC. The molecular weight excluding hydrogens is 366 g/mol. The maximum absolute atomic E-state index is 5.74. The second kappa shape index (κ2) is 6.87. The predicted molar refractivity (Wildman–Crippen MR) is 99.5 cm³/mol. The van der Waals surface area contributed by atoms with E-state index in [0.717, 1.165) is 46.2 Å². The van der Waals surface area contributed by atoms with Crippen LogP contribution < -0.4 is 14.8 Å². The van der Waals surface area contributed by atoms with Gasteiger partial charge in [-0.2, -0.15) is 0 Å². The number of hydrogen-bond donors (Lipinski definition) is 1. The topological polar surface area (TPSA) is 30.5 Å². The molecule has 4 aliphatic carbocycles. The zero-order valence-corrected chi connectivity index (χ0v) is 16.3. The van der Waals surface area contributed by atoms with Gasteiger partial charge in [-0.1, -0.05) is 15.9 Å². The van der Waals surface area contributed by atoms with E-state index in [0.29, 0.717) is 12.6 Å². The van der Waals surface area contributed by atoms with Crippen LogP contribution in [0, 0.1) is 23.7 Å². The van der Waals surface area contributed by atoms with Crippen molar-refractivity contribution in [2.24, 2.45) is 23.7 Å². The third-order valence-corrected chi connectivity index (χ3v) is 7.13. The van der Waals surface area contributed by atoms with Gasteiger partial charge in [-0.3, -0.25) is 0 Å². The van der Waals surface area contributed by atoms with Gasteiger partial charge in [-0.15, -0.1) is 0 Å². The molecule has 0 spiro atoms. The first-order chi connectivity index (χ1) is 11.7. The molecule has 1 N–H and O–H groups in total. The van der Waals surface area contributed by atoms with E-state index >= 15 is 0 Å². The van der Waals surface area contributed by atoms with E-state index in [4.69, 9.17) is 9.47 Å². The highest BCUT2D eigenvalue weighted by atomic mass is 79.9. The first kappa shape index (κ1) is 16.7. The highest BCUT2D eigenvalue weighted by Crippen LogP contribution is 2.53. The van der Waals surface area contributed by atoms with Gasteiger partial charge in [0.2, 0.25) is 0 Å². The maximum atomic E-state index is 5.74. The number of benzene rings is 1. The predicted octanol–water partition coefficient (Wildman–Crippen LogP) is 4.77. The smallest absolute Gasteiger partial charge is 0.161 e. The summed E-state index contributed by atoms with van der Waals surface area (Å²) in [5.41, 5.74) is 1.26. The summed E-state index contributed by atoms with van der Waals surface area (Å²) < 4.78 is 12.3. The van der Waals surface area contributed by atoms with Crippen molar-refractivity contribution in [1.82, 2.24) is 5.32 Å². The molecule has 4 bridgehead atoms. The number of ether oxygens (including phenoxy) is 2. The van der Waals surface area contributed by atoms with E-state index in [1.54, 1.807) is 7.11 Å². The fourth-order valence-electron chi connectivity index (χ4n) is 5.63. The van der Waals surface area contributed by atoms with Crippen molar-refractivity contribution in [2.45, 2.75) is 51.6 Å². The molecule has 0 aliphatic heterocycles. The summed E-state index contributed by atoms with van der Waals surface area (Å²) in [7, 11) is 1.69. The van der Waals surface area contributed by atoms with Crippen LogP contribution >= 0.6 is 15.9 Å². The molecule has 4 fully saturated rings. The van der Waals surface area contributed by atoms with E-state index in [1.807, 2.05) is 13.0 Å². The van der Waals surface area contributed by atoms with Gasteiger partial charge in [0.25, 0.3) is 0 Å². The molecule has 4 aliphatic rings. The Labute approximate surface area is 153 Å². The number of methoxy groups -OCH3 is 1. The molecule has 132 valence electrons. The molecule has 0 heterocycles. The molecule has 4 heteroatoms. The number of hydrogen-bond acceptors (Lipinski definition) is 3. The van der Waals surface area contributed by atoms with E-state index in [-0.39, 0.29) is 0 Å². The Morgan fingerprint density at radius 1 is 1.04 bits per heavy atom. The summed E-state index contributed by atoms with van der Waals surface area (Å²) >= 11 is 3.70. The van der Waals surface area contributed by atoms with Gasteiger partial charge in [0, 0.05) is 17.1 Å². The van der Waals surface area contributed by atoms with Crippen LogP contribution in [0.15, 0.2) is 16.6 Å². The van der Waals surface area contributed by atoms with Crippen molar-refractivity contribution in [3.05, 3.63) is 22.2 Å². The first-order valence-corrected chi connectivity index (χ1v) is 10.2. The Bertz CT molecular complexity index is 576. The molecule has 1 aromatic rings. The highest BCUT2D eigenvalue weighted by Gasteiger charge is 2.47. The van der Waals surface area contributed by atoms with Crippen LogP contribution in [0.1, 0.15) is 44.6 Å². The highest BCUT2D eigenvalue weighted by molar-refractivity contribution is 9.10. The minimum absolute atomic E-state index is 0.653. The van der Waals surface area contributed by atoms with E-state index in [1.165, 1.54) is 37.7 Å². The van der Waals surface area contributed by atoms with Crippen molar-refractivity contribution >= 4 is 15.9 Å². The molecule has 0 amide bonds. The summed E-state index contributed by atoms with van der Waals surface area (Å²) in [6.07, 6.45) is 7.34. The summed E-state index contributed by atoms with van der Waals surface area (Å²) in [5.74, 6) is 5.51. The van der Waals surface area contributed by atoms with Crippen molar-refractivity contribution < 1.29 is 9.47 Å². The molecule has 24 heavy (non-hydrogen) atoms. The van der Waals surface area contributed by atoms with Gasteiger partial charge in [-0.25, -0.2) is 0 Å². The third-order valence-electron chi connectivity index (χ3n) is 6.39. The minimum atomic E-state index is 0.653. The lowest BCUT2D eigenvalue weighted by Gasteiger charge is -2.54. The molecule has 0 aromatic heterocycles. The lowest BCUT2D eigenvalue weighted by Crippen LogP contribution is -2.54. The second-order valence-electron chi connectivity index (χ2n) is 7.86. The molecule has 4 saturated carbocycles. The Morgan fingerprint density at radius 2 is 1.71 bits per heavy atom. The van der Waals surface area contributed by atoms with E-state index < -0.39 is 0 Å². The Morgan fingerprint density at radius 3 is 2.29 bits per heavy atom. The maximum Gasteiger partial charge on any atom is 0.161 e. The second-order valence-corrected chi connectivity index (χ2v) is 8.72. The summed E-state index contributed by atoms with van der Waals surface area (Å²) in [6.45, 7) is 3.56. The zero-order chi connectivity index (χ0) is 16.7. The monoisotopic (exact) mass is 393 g/mol. The summed E-state index contributed by atoms with van der Waals surface area (Å²) in [6, 6.07) is 4.86. The average Bonchev–Trinajstić information content (AvgIpc) is 2.56. The lowest BCUT2D eigenvalue weighted by molar-refractivity contribution is -0.0142. The molecule has 5 rings (SSSR count). The number of halogens is 1. The van der Waals surface area contributed by atoms with Crippen LogP contribution in [-0.2, 0) is 6.54 Å². The minimum Gasteiger partial charge on any atom is -0.493 e. The first-order valence-electron chi connectivity index (χ1n) is 9.40. The van der Waals surface area contributed by atoms with Crippen molar-refractivity contribution in [3.63, 3.8) is 0 Å². The average molecular weight is 394 g/mol. The van der Waals surface area contributed by atoms with Crippen molar-refractivity contribution in [2.75, 3.05) is 13.7 Å². The lowest BCUT2D eigenvalue weighted by atomic mass is 9.54. The standard InChI is InChI=1S/C20H28BrNO2/c1-3-24-19-9-16(17(21)10-18(19)23-2)11-22-20-14-5-12-4-13(7-14)8-15(20)6-12/h9-10,12-15,20,22H,3-8,11H2,1-2H3. The van der Waals surface area contributed by atoms with Gasteiger partial charge in [0.15, 0.2) is 11.5 Å². The molecule has 3 nitrogen and oxygen atoms in total. The molecular formula is C20H28BrNO2. The number of rotatable bonds is 6. The van der Waals surface area contributed by atoms with Crippen LogP contribution in [0.4, 0.5) is 0 Å². The quantitative estimate of drug-likeness (QED) is 0.754. The fraction of sp³-hybridized carbons (Fsp3) is 0.700. The molecule has 0 saturated heterocycles. The van der Waals surface area contributed by atoms with E-state index in [9.17, 15) is 0 Å². The Hall–Kier alpha value is -0.740. The van der Waals surface area contributed by atoms with Crippen LogP contribution in [0.25, 0.3) is 0 Å². The summed E-state index contributed by atoms with van der Waals surface area (Å²) in [5, 5.41) is 3.90. The van der Waals surface area contributed by atoms with Gasteiger partial charge >= 0.3 is 0 Å². The van der Waals surface area contributed by atoms with Crippen LogP contribution in [-0.4, -0.2) is 19.8 Å². The Balaban J connectivity index is 1.47. The van der Waals surface area contributed by atoms with Gasteiger partial charge in [-0.05, 0) is 80.4 Å². The van der Waals surface area contributed by atoms with Crippen molar-refractivity contribution in [3.8, 4) is 11.5 Å². The normalized spacial score (nSPS) is 33.7. The molecule has 0 radical (unpaired) electrons. The molecule has 1 aromatic carbocycles. The molecule has 0 atom stereocenters. The van der Waals surface area contributed by atoms with Gasteiger partial charge in [0.05, 0.1) is 13.7 Å². The van der Waals surface area contributed by atoms with Crippen LogP contribution in [0.2, 0.25) is 0 Å². The molecule has 0 unspecified atom stereocenters. The zero-order valence-electron chi connectivity index (χ0n) is 14.7. The fourth-order valence-corrected chi connectivity index (χ4v) is 6.09. The summed E-state index contributed by atoms with van der Waals surface area (Å²) in [4.78, 5) is 0. The van der Waals surface area contributed by atoms with Crippen LogP contribution in [0.5, 0.6) is 11.5 Å².